The summed E-state index contributed by atoms with van der Waals surface area (Å²) in [6.07, 6.45) is 7.57. The summed E-state index contributed by atoms with van der Waals surface area (Å²) in [6.45, 7) is 2.26. The van der Waals surface area contributed by atoms with E-state index in [-0.39, 0.29) is 11.9 Å². The minimum atomic E-state index is -0.187. The van der Waals surface area contributed by atoms with Crippen LogP contribution in [0, 0.1) is 17.7 Å². The summed E-state index contributed by atoms with van der Waals surface area (Å²) in [5.41, 5.74) is 0.760. The van der Waals surface area contributed by atoms with E-state index in [0.29, 0.717) is 10.9 Å². The lowest BCUT2D eigenvalue weighted by Gasteiger charge is -2.34. The minimum absolute atomic E-state index is 0.106. The number of hydrogen-bond donors (Lipinski definition) is 1. The third kappa shape index (κ3) is 3.73. The number of nitrogens with one attached hydrogen (secondary N) is 1. The summed E-state index contributed by atoms with van der Waals surface area (Å²) in [5.74, 6) is 1.22. The van der Waals surface area contributed by atoms with Crippen molar-refractivity contribution in [3.63, 3.8) is 0 Å². The van der Waals surface area contributed by atoms with E-state index in [1.54, 1.807) is 6.07 Å². The lowest BCUT2D eigenvalue weighted by atomic mass is 9.75. The Hall–Kier alpha value is -0.600. The number of halogens is 2. The Bertz CT molecular complexity index is 427. The minimum Gasteiger partial charge on any atom is -0.313 e. The fourth-order valence-electron chi connectivity index (χ4n) is 3.62. The molecule has 1 N–H and O–H groups in total. The van der Waals surface area contributed by atoms with E-state index in [0.717, 1.165) is 11.5 Å². The van der Waals surface area contributed by atoms with Gasteiger partial charge in [0.1, 0.15) is 5.82 Å². The van der Waals surface area contributed by atoms with Crippen LogP contribution in [0.3, 0.4) is 0 Å². The monoisotopic (exact) mass is 297 g/mol. The predicted octanol–water partition coefficient (Wildman–Crippen LogP) is 5.35. The molecule has 1 fully saturated rings. The summed E-state index contributed by atoms with van der Waals surface area (Å²) >= 11 is 5.84. The van der Waals surface area contributed by atoms with Crippen molar-refractivity contribution >= 4 is 11.6 Å². The van der Waals surface area contributed by atoms with Gasteiger partial charge in [-0.15, -0.1) is 0 Å². The summed E-state index contributed by atoms with van der Waals surface area (Å²) in [7, 11) is 1.93. The first-order chi connectivity index (χ1) is 9.65. The van der Waals surface area contributed by atoms with Crippen LogP contribution in [0.5, 0.6) is 0 Å². The van der Waals surface area contributed by atoms with Gasteiger partial charge in [-0.05, 0) is 43.9 Å². The smallest absolute Gasteiger partial charge is 0.129 e. The summed E-state index contributed by atoms with van der Waals surface area (Å²) in [4.78, 5) is 0. The quantitative estimate of drug-likeness (QED) is 0.773. The van der Waals surface area contributed by atoms with Crippen molar-refractivity contribution in [2.24, 2.45) is 11.8 Å². The zero-order valence-corrected chi connectivity index (χ0v) is 13.2. The molecule has 20 heavy (non-hydrogen) atoms. The zero-order chi connectivity index (χ0) is 14.5. The molecular weight excluding hydrogens is 273 g/mol. The lowest BCUT2D eigenvalue weighted by molar-refractivity contribution is 0.217. The molecule has 1 atom stereocenters. The fraction of sp³-hybridized carbons (Fsp3) is 0.647. The Balaban J connectivity index is 2.05. The van der Waals surface area contributed by atoms with Gasteiger partial charge in [-0.25, -0.2) is 4.39 Å². The highest BCUT2D eigenvalue weighted by Gasteiger charge is 2.28. The number of benzene rings is 1. The van der Waals surface area contributed by atoms with Crippen LogP contribution in [0.25, 0.3) is 0 Å². The van der Waals surface area contributed by atoms with Gasteiger partial charge in [0.2, 0.25) is 0 Å². The molecule has 1 saturated carbocycles. The molecule has 1 aromatic carbocycles. The Morgan fingerprint density at radius 2 is 2.00 bits per heavy atom. The molecule has 1 aliphatic rings. The van der Waals surface area contributed by atoms with Crippen LogP contribution in [0.15, 0.2) is 18.2 Å². The fourth-order valence-corrected chi connectivity index (χ4v) is 3.78. The van der Waals surface area contributed by atoms with E-state index in [1.807, 2.05) is 13.1 Å². The van der Waals surface area contributed by atoms with Crippen LogP contribution < -0.4 is 5.32 Å². The molecule has 0 spiro atoms. The third-order valence-electron chi connectivity index (χ3n) is 4.67. The summed E-state index contributed by atoms with van der Waals surface area (Å²) in [5, 5.41) is 3.78. The van der Waals surface area contributed by atoms with Crippen LogP contribution in [0.1, 0.15) is 57.1 Å². The highest BCUT2D eigenvalue weighted by atomic mass is 35.5. The first-order valence-electron chi connectivity index (χ1n) is 7.78. The van der Waals surface area contributed by atoms with Crippen molar-refractivity contribution in [1.29, 1.82) is 0 Å². The van der Waals surface area contributed by atoms with Gasteiger partial charge >= 0.3 is 0 Å². The molecule has 1 aromatic rings. The Kier molecular flexibility index (Phi) is 5.86. The SMILES string of the molecule is CCCC1CCC(C(NC)c2ccc(Cl)cc2F)CC1. The van der Waals surface area contributed by atoms with Gasteiger partial charge in [0.15, 0.2) is 0 Å². The van der Waals surface area contributed by atoms with Crippen molar-refractivity contribution in [3.05, 3.63) is 34.6 Å². The normalized spacial score (nSPS) is 24.6. The second-order valence-electron chi connectivity index (χ2n) is 6.00. The van der Waals surface area contributed by atoms with Gasteiger partial charge in [0.25, 0.3) is 0 Å². The molecule has 2 rings (SSSR count). The Morgan fingerprint density at radius 1 is 1.30 bits per heavy atom. The molecule has 3 heteroatoms. The average molecular weight is 298 g/mol. The molecule has 0 bridgehead atoms. The van der Waals surface area contributed by atoms with E-state index in [9.17, 15) is 4.39 Å². The highest BCUT2D eigenvalue weighted by Crippen LogP contribution is 2.39. The Labute approximate surface area is 126 Å². The average Bonchev–Trinajstić information content (AvgIpc) is 2.44. The van der Waals surface area contributed by atoms with E-state index in [4.69, 9.17) is 11.6 Å². The molecule has 1 nitrogen and oxygen atoms in total. The molecule has 0 aliphatic heterocycles. The van der Waals surface area contributed by atoms with Crippen LogP contribution in [0.4, 0.5) is 4.39 Å². The largest absolute Gasteiger partial charge is 0.313 e. The van der Waals surface area contributed by atoms with Crippen LogP contribution >= 0.6 is 11.6 Å². The Morgan fingerprint density at radius 3 is 2.55 bits per heavy atom. The van der Waals surface area contributed by atoms with Gasteiger partial charge in [-0.1, -0.05) is 50.3 Å². The van der Waals surface area contributed by atoms with Crippen molar-refractivity contribution < 1.29 is 4.39 Å². The molecule has 0 saturated heterocycles. The van der Waals surface area contributed by atoms with Crippen molar-refractivity contribution in [2.75, 3.05) is 7.05 Å². The maximum Gasteiger partial charge on any atom is 0.129 e. The zero-order valence-electron chi connectivity index (χ0n) is 12.5. The molecule has 112 valence electrons. The van der Waals surface area contributed by atoms with Crippen LogP contribution in [-0.2, 0) is 0 Å². The molecule has 0 aromatic heterocycles. The van der Waals surface area contributed by atoms with Gasteiger partial charge in [-0.2, -0.15) is 0 Å². The summed E-state index contributed by atoms with van der Waals surface area (Å²) < 4.78 is 14.1. The van der Waals surface area contributed by atoms with Gasteiger partial charge in [0, 0.05) is 16.6 Å². The van der Waals surface area contributed by atoms with Gasteiger partial charge in [0.05, 0.1) is 0 Å². The maximum atomic E-state index is 14.1. The number of rotatable bonds is 5. The standard InChI is InChI=1S/C17H25ClFN/c1-3-4-12-5-7-13(8-6-12)17(20-2)15-10-9-14(18)11-16(15)19/h9-13,17,20H,3-8H2,1-2H3. The van der Waals surface area contributed by atoms with Gasteiger partial charge in [-0.3, -0.25) is 0 Å². The molecule has 1 aliphatic carbocycles. The van der Waals surface area contributed by atoms with E-state index < -0.39 is 0 Å². The molecular formula is C17H25ClFN. The molecule has 1 unspecified atom stereocenters. The van der Waals surface area contributed by atoms with Gasteiger partial charge < -0.3 is 5.32 Å². The predicted molar refractivity (Wildman–Crippen MR) is 83.6 cm³/mol. The van der Waals surface area contributed by atoms with E-state index in [2.05, 4.69) is 12.2 Å². The third-order valence-corrected chi connectivity index (χ3v) is 4.90. The van der Waals surface area contributed by atoms with E-state index >= 15 is 0 Å². The highest BCUT2D eigenvalue weighted by molar-refractivity contribution is 6.30. The van der Waals surface area contributed by atoms with Crippen LogP contribution in [-0.4, -0.2) is 7.05 Å². The molecule has 0 amide bonds. The van der Waals surface area contributed by atoms with E-state index in [1.165, 1.54) is 44.6 Å². The lowest BCUT2D eigenvalue weighted by Crippen LogP contribution is -2.29. The van der Waals surface area contributed by atoms with Crippen molar-refractivity contribution in [2.45, 2.75) is 51.5 Å². The van der Waals surface area contributed by atoms with Crippen molar-refractivity contribution in [1.82, 2.24) is 5.32 Å². The second kappa shape index (κ2) is 7.42. The maximum absolute atomic E-state index is 14.1. The first-order valence-corrected chi connectivity index (χ1v) is 8.15. The second-order valence-corrected chi connectivity index (χ2v) is 6.44. The topological polar surface area (TPSA) is 12.0 Å². The van der Waals surface area contributed by atoms with Crippen molar-refractivity contribution in [3.8, 4) is 0 Å². The summed E-state index contributed by atoms with van der Waals surface area (Å²) in [6, 6.07) is 5.14. The number of hydrogen-bond acceptors (Lipinski definition) is 1. The first kappa shape index (κ1) is 15.8. The molecule has 0 heterocycles. The van der Waals surface area contributed by atoms with Crippen LogP contribution in [0.2, 0.25) is 5.02 Å². The molecule has 0 radical (unpaired) electrons.